The summed E-state index contributed by atoms with van der Waals surface area (Å²) in [5.41, 5.74) is 5.97. The average Bonchev–Trinajstić information content (AvgIpc) is 3.63. The number of nitrogen functional groups attached to an aromatic ring is 1. The molecule has 0 aliphatic carbocycles. The van der Waals surface area contributed by atoms with Crippen LogP contribution in [0.15, 0.2) is 34.4 Å². The van der Waals surface area contributed by atoms with Crippen LogP contribution < -0.4 is 85.9 Å². The molecule has 1 aromatic carbocycles. The summed E-state index contributed by atoms with van der Waals surface area (Å²) in [6, 6.07) is 3.27. The maximum atomic E-state index is 12.5. The molecular formula is C27H31N9Na2O15P2. The number of H-pyrrole nitrogens is 1. The van der Waals surface area contributed by atoms with Gasteiger partial charge >= 0.3 is 64.8 Å². The number of nitrogens with two attached hydrogens (primary N) is 1. The molecule has 3 aliphatic rings. The Morgan fingerprint density at radius 3 is 2.36 bits per heavy atom. The Morgan fingerprint density at radius 2 is 1.65 bits per heavy atom. The van der Waals surface area contributed by atoms with Crippen LogP contribution in [0.4, 0.5) is 5.82 Å². The van der Waals surface area contributed by atoms with Crippen molar-refractivity contribution in [3.8, 4) is 11.5 Å². The number of aliphatic hydroxyl groups excluding tert-OH is 5. The summed E-state index contributed by atoms with van der Waals surface area (Å²) in [6.07, 6.45) is -10.3. The Labute approximate surface area is 352 Å². The van der Waals surface area contributed by atoms with E-state index in [1.165, 1.54) is 15.5 Å². The normalized spacial score (nSPS) is 22.4. The number of ether oxygens (including phenoxy) is 1. The van der Waals surface area contributed by atoms with Gasteiger partial charge < -0.3 is 59.4 Å². The maximum Gasteiger partial charge on any atom is 1.00 e. The van der Waals surface area contributed by atoms with Crippen LogP contribution in [0.1, 0.15) is 17.4 Å². The third kappa shape index (κ3) is 9.78. The SMILES string of the molecule is Cc1cc2nc3c(=O)[nH]c(=O)nc-3n(CC(O)C(O)C(O)COP(=O)([O-])OP(=O)([O-])OC[C@@H]3O[C@H](n4cnc5c(N)ncnc54)C(O)C3O)c2cc1C.[Na+].[Na+]. The number of phosphoric ester groups is 2. The van der Waals surface area contributed by atoms with Crippen molar-refractivity contribution in [2.24, 2.45) is 0 Å². The number of nitrogens with one attached hydrogen (secondary N) is 1. The van der Waals surface area contributed by atoms with Gasteiger partial charge in [-0.15, -0.1) is 0 Å². The maximum absolute atomic E-state index is 12.5. The molecule has 0 bridgehead atoms. The second-order valence-electron chi connectivity index (χ2n) is 12.0. The molecule has 1 saturated heterocycles. The molecule has 0 radical (unpaired) electrons. The summed E-state index contributed by atoms with van der Waals surface area (Å²) >= 11 is 0. The molecule has 2 aromatic heterocycles. The standard InChI is InChI=1S/C27H33N9O15P2.2Na/c1-10-3-12-13(4-11(10)2)35(24-18(32-12)25(42)34-27(43)33-24)5-14(37)19(39)15(38)6-48-52(44,45)51-53(46,47)49-7-16-20(40)21(41)26(50-16)36-9-31-17-22(28)29-8-30-23(17)36;;/h3-4,8-9,14-16,19-21,26,37-41H,5-7H2,1-2H3,(H,44,45)(H,46,47)(H2,28,29,30)(H,34,42,43);;/q;2*+1/p-2/t14?,15?,16-,19?,20?,21?,26-;;/m0../s1. The van der Waals surface area contributed by atoms with Gasteiger partial charge in [0, 0.05) is 0 Å². The first-order valence-electron chi connectivity index (χ1n) is 15.4. The molecule has 24 nitrogen and oxygen atoms in total. The molecule has 55 heavy (non-hydrogen) atoms. The molecule has 5 heterocycles. The third-order valence-corrected chi connectivity index (χ3v) is 10.9. The second kappa shape index (κ2) is 17.8. The summed E-state index contributed by atoms with van der Waals surface area (Å²) in [6.45, 7) is 0.570. The summed E-state index contributed by atoms with van der Waals surface area (Å²) < 4.78 is 45.7. The van der Waals surface area contributed by atoms with Gasteiger partial charge in [0.1, 0.15) is 48.5 Å². The predicted octanol–water partition coefficient (Wildman–Crippen LogP) is -9.68. The number of nitrogens with zero attached hydrogens (tertiary/aromatic N) is 7. The largest absolute Gasteiger partial charge is 1.00 e. The smallest absolute Gasteiger partial charge is 0.756 e. The van der Waals surface area contributed by atoms with Crippen molar-refractivity contribution in [3.05, 3.63) is 56.8 Å². The first kappa shape index (κ1) is 45.6. The molecule has 0 spiro atoms. The van der Waals surface area contributed by atoms with E-state index in [1.54, 1.807) is 26.0 Å². The fourth-order valence-electron chi connectivity index (χ4n) is 5.54. The number of hydrogen-bond donors (Lipinski definition) is 7. The fourth-order valence-corrected chi connectivity index (χ4v) is 7.56. The zero-order valence-electron chi connectivity index (χ0n) is 29.4. The molecule has 7 unspecified atom stereocenters. The molecule has 0 amide bonds. The quantitative estimate of drug-likeness (QED) is 0.0329. The molecule has 3 aliphatic heterocycles. The van der Waals surface area contributed by atoms with E-state index in [-0.39, 0.29) is 98.6 Å². The van der Waals surface area contributed by atoms with Crippen molar-refractivity contribution in [1.82, 2.24) is 39.0 Å². The number of rotatable bonds is 13. The Bertz CT molecular complexity index is 2370. The first-order valence-corrected chi connectivity index (χ1v) is 18.3. The van der Waals surface area contributed by atoms with Gasteiger partial charge in [-0.1, -0.05) is 0 Å². The Kier molecular flexibility index (Phi) is 14.7. The molecule has 28 heteroatoms. The van der Waals surface area contributed by atoms with Crippen LogP contribution in [0.3, 0.4) is 0 Å². The number of phosphoric acid groups is 2. The van der Waals surface area contributed by atoms with E-state index in [4.69, 9.17) is 10.5 Å². The number of aromatic nitrogens is 8. The number of hydrogen-bond acceptors (Lipinski definition) is 21. The minimum atomic E-state index is -5.85. The molecule has 9 atom stereocenters. The van der Waals surface area contributed by atoms with Crippen LogP contribution in [0.5, 0.6) is 0 Å². The minimum absolute atomic E-state index is 0. The summed E-state index contributed by atoms with van der Waals surface area (Å²) in [5, 5.41) is 52.9. The van der Waals surface area contributed by atoms with Crippen molar-refractivity contribution < 1.29 is 122 Å². The molecule has 0 saturated carbocycles. The van der Waals surface area contributed by atoms with E-state index < -0.39 is 89.5 Å². The van der Waals surface area contributed by atoms with Crippen molar-refractivity contribution in [2.45, 2.75) is 63.2 Å². The van der Waals surface area contributed by atoms with Gasteiger partial charge in [0.2, 0.25) is 0 Å². The topological polar surface area (TPSA) is 369 Å². The van der Waals surface area contributed by atoms with E-state index in [1.807, 2.05) is 4.98 Å². The van der Waals surface area contributed by atoms with Crippen LogP contribution in [-0.2, 0) is 33.8 Å². The fraction of sp³-hybridized carbons (Fsp3) is 0.444. The Hall–Kier alpha value is -2.13. The molecule has 6 rings (SSSR count). The molecule has 3 aromatic rings. The molecule has 286 valence electrons. The molecule has 1 fully saturated rings. The number of benzene rings is 1. The number of aryl methyl sites for hydroxylation is 2. The molecular weight excluding hydrogens is 798 g/mol. The second-order valence-corrected chi connectivity index (χ2v) is 15.0. The number of imidazole rings is 1. The predicted molar refractivity (Wildman–Crippen MR) is 172 cm³/mol. The van der Waals surface area contributed by atoms with E-state index in [2.05, 4.69) is 38.3 Å². The van der Waals surface area contributed by atoms with Crippen LogP contribution >= 0.6 is 15.6 Å². The van der Waals surface area contributed by atoms with Gasteiger partial charge in [-0.3, -0.25) is 23.5 Å². The van der Waals surface area contributed by atoms with Crippen molar-refractivity contribution >= 4 is 43.7 Å². The van der Waals surface area contributed by atoms with Crippen LogP contribution in [-0.4, -0.2) is 114 Å². The van der Waals surface area contributed by atoms with E-state index in [0.717, 1.165) is 17.5 Å². The van der Waals surface area contributed by atoms with Gasteiger partial charge in [-0.05, 0) is 37.1 Å². The summed E-state index contributed by atoms with van der Waals surface area (Å²) in [5.74, 6) is -0.243. The molecule has 8 N–H and O–H groups in total. The van der Waals surface area contributed by atoms with Crippen LogP contribution in [0.25, 0.3) is 33.7 Å². The summed E-state index contributed by atoms with van der Waals surface area (Å²) in [7, 11) is -11.6. The van der Waals surface area contributed by atoms with Gasteiger partial charge in [0.25, 0.3) is 21.2 Å². The van der Waals surface area contributed by atoms with Crippen LogP contribution in [0, 0.1) is 13.8 Å². The van der Waals surface area contributed by atoms with Gasteiger partial charge in [-0.25, -0.2) is 29.0 Å². The zero-order valence-corrected chi connectivity index (χ0v) is 35.2. The monoisotopic (exact) mass is 829 g/mol. The number of fused-ring (bicyclic) bond motifs is 3. The van der Waals surface area contributed by atoms with Gasteiger partial charge in [-0.2, -0.15) is 4.98 Å². The van der Waals surface area contributed by atoms with E-state index >= 15 is 0 Å². The number of anilines is 1. The van der Waals surface area contributed by atoms with Gasteiger partial charge in [0.05, 0.1) is 37.1 Å². The Morgan fingerprint density at radius 1 is 0.982 bits per heavy atom. The van der Waals surface area contributed by atoms with Crippen molar-refractivity contribution in [3.63, 3.8) is 0 Å². The van der Waals surface area contributed by atoms with E-state index in [0.29, 0.717) is 0 Å². The third-order valence-electron chi connectivity index (χ3n) is 8.38. The van der Waals surface area contributed by atoms with Crippen molar-refractivity contribution in [1.29, 1.82) is 0 Å². The first-order chi connectivity index (χ1) is 24.9. The average molecular weight is 830 g/mol. The Balaban J connectivity index is 0.00000336. The summed E-state index contributed by atoms with van der Waals surface area (Å²) in [4.78, 5) is 71.1. The van der Waals surface area contributed by atoms with E-state index in [9.17, 15) is 54.0 Å². The number of aromatic amines is 1. The van der Waals surface area contributed by atoms with Crippen LogP contribution in [0.2, 0.25) is 0 Å². The minimum Gasteiger partial charge on any atom is -0.756 e. The number of aliphatic hydroxyl groups is 5. The zero-order chi connectivity index (χ0) is 38.6. The van der Waals surface area contributed by atoms with Gasteiger partial charge in [0.15, 0.2) is 29.2 Å². The van der Waals surface area contributed by atoms with Crippen molar-refractivity contribution in [2.75, 3.05) is 18.9 Å².